The first kappa shape index (κ1) is 16.7. The number of amidine groups is 1. The van der Waals surface area contributed by atoms with Crippen molar-refractivity contribution in [2.45, 2.75) is 31.8 Å². The summed E-state index contributed by atoms with van der Waals surface area (Å²) >= 11 is 3.65. The van der Waals surface area contributed by atoms with E-state index >= 15 is 0 Å². The van der Waals surface area contributed by atoms with Gasteiger partial charge in [0.05, 0.1) is 11.4 Å². The van der Waals surface area contributed by atoms with Crippen molar-refractivity contribution in [1.82, 2.24) is 10.3 Å². The van der Waals surface area contributed by atoms with E-state index in [1.165, 1.54) is 0 Å². The Morgan fingerprint density at radius 1 is 1.48 bits per heavy atom. The Labute approximate surface area is 155 Å². The number of rotatable bonds is 2. The summed E-state index contributed by atoms with van der Waals surface area (Å²) in [5.41, 5.74) is 4.44. The molecule has 2 N–H and O–H groups in total. The maximum Gasteiger partial charge on any atom is 0.262 e. The lowest BCUT2D eigenvalue weighted by Gasteiger charge is -2.38. The van der Waals surface area contributed by atoms with Gasteiger partial charge in [0.1, 0.15) is 18.4 Å². The molecular weight excluding hydrogens is 386 g/mol. The lowest BCUT2D eigenvalue weighted by molar-refractivity contribution is -0.122. The zero-order chi connectivity index (χ0) is 17.8. The van der Waals surface area contributed by atoms with Gasteiger partial charge < -0.3 is 19.9 Å². The summed E-state index contributed by atoms with van der Waals surface area (Å²) in [4.78, 5) is 16.3. The highest BCUT2D eigenvalue weighted by atomic mass is 79.9. The maximum atomic E-state index is 12.0. The summed E-state index contributed by atoms with van der Waals surface area (Å²) in [6, 6.07) is 3.69. The zero-order valence-electron chi connectivity index (χ0n) is 14.6. The monoisotopic (exact) mass is 407 g/mol. The first-order chi connectivity index (χ1) is 11.9. The first-order valence-corrected chi connectivity index (χ1v) is 9.24. The van der Waals surface area contributed by atoms with Crippen molar-refractivity contribution in [1.29, 1.82) is 0 Å². The van der Waals surface area contributed by atoms with E-state index in [0.717, 1.165) is 46.9 Å². The number of benzene rings is 1. The average molecular weight is 408 g/mol. The van der Waals surface area contributed by atoms with Crippen LogP contribution in [0.1, 0.15) is 20.3 Å². The molecule has 0 saturated carbocycles. The molecule has 1 aromatic rings. The highest BCUT2D eigenvalue weighted by Gasteiger charge is 2.37. The third-order valence-corrected chi connectivity index (χ3v) is 5.76. The smallest absolute Gasteiger partial charge is 0.262 e. The molecule has 25 heavy (non-hydrogen) atoms. The molecule has 1 aromatic carbocycles. The van der Waals surface area contributed by atoms with E-state index in [1.807, 2.05) is 24.0 Å². The second-order valence-corrected chi connectivity index (χ2v) is 8.17. The fourth-order valence-electron chi connectivity index (χ4n) is 3.76. The minimum absolute atomic E-state index is 0.0167. The molecule has 8 heteroatoms. The van der Waals surface area contributed by atoms with Crippen LogP contribution in [0.25, 0.3) is 0 Å². The topological polar surface area (TPSA) is 69.2 Å². The van der Waals surface area contributed by atoms with Crippen LogP contribution in [-0.4, -0.2) is 55.0 Å². The van der Waals surface area contributed by atoms with Crippen molar-refractivity contribution >= 4 is 39.0 Å². The van der Waals surface area contributed by atoms with Crippen LogP contribution in [-0.2, 0) is 4.79 Å². The summed E-state index contributed by atoms with van der Waals surface area (Å²) in [5, 5.41) is 7.82. The molecule has 3 aliphatic heterocycles. The number of amides is 1. The van der Waals surface area contributed by atoms with Gasteiger partial charge in [-0.25, -0.2) is 5.43 Å². The van der Waals surface area contributed by atoms with Gasteiger partial charge >= 0.3 is 0 Å². The van der Waals surface area contributed by atoms with E-state index in [0.29, 0.717) is 6.61 Å². The van der Waals surface area contributed by atoms with E-state index in [-0.39, 0.29) is 17.5 Å². The van der Waals surface area contributed by atoms with Gasteiger partial charge in [-0.15, -0.1) is 0 Å². The minimum atomic E-state index is -0.322. The SMILES string of the molecule is C[C@@H]1C(=O)NN=C2COc3cc(Br)c(N[C@@]4(C)CCN(C)C4)cc3N21. The predicted octanol–water partition coefficient (Wildman–Crippen LogP) is 1.99. The number of nitrogens with one attached hydrogen (secondary N) is 2. The summed E-state index contributed by atoms with van der Waals surface area (Å²) in [7, 11) is 2.14. The van der Waals surface area contributed by atoms with Gasteiger partial charge in [0.15, 0.2) is 5.84 Å². The number of hydrogen-bond donors (Lipinski definition) is 2. The number of carbonyl (C=O) groups is 1. The largest absolute Gasteiger partial charge is 0.483 e. The molecule has 3 heterocycles. The number of halogens is 1. The summed E-state index contributed by atoms with van der Waals surface area (Å²) < 4.78 is 6.79. The van der Waals surface area contributed by atoms with Gasteiger partial charge in [-0.3, -0.25) is 4.79 Å². The molecule has 3 aliphatic rings. The Hall–Kier alpha value is -1.80. The van der Waals surface area contributed by atoms with E-state index in [1.54, 1.807) is 0 Å². The average Bonchev–Trinajstić information content (AvgIpc) is 2.90. The fourth-order valence-corrected chi connectivity index (χ4v) is 4.18. The number of hydrogen-bond acceptors (Lipinski definition) is 6. The van der Waals surface area contributed by atoms with E-state index in [4.69, 9.17) is 4.74 Å². The van der Waals surface area contributed by atoms with Crippen LogP contribution in [0.4, 0.5) is 11.4 Å². The van der Waals surface area contributed by atoms with Crippen LogP contribution < -0.4 is 20.4 Å². The number of fused-ring (bicyclic) bond motifs is 3. The van der Waals surface area contributed by atoms with Crippen molar-refractivity contribution in [2.75, 3.05) is 37.0 Å². The van der Waals surface area contributed by atoms with Crippen LogP contribution in [0.2, 0.25) is 0 Å². The van der Waals surface area contributed by atoms with Gasteiger partial charge in [0, 0.05) is 23.1 Å². The zero-order valence-corrected chi connectivity index (χ0v) is 16.2. The third-order valence-electron chi connectivity index (χ3n) is 5.11. The number of likely N-dealkylation sites (N-methyl/N-ethyl adjacent to an activating group) is 1. The molecule has 1 fully saturated rings. The molecule has 4 rings (SSSR count). The van der Waals surface area contributed by atoms with E-state index < -0.39 is 0 Å². The van der Waals surface area contributed by atoms with Crippen molar-refractivity contribution in [3.05, 3.63) is 16.6 Å². The van der Waals surface area contributed by atoms with Crippen molar-refractivity contribution in [2.24, 2.45) is 5.10 Å². The standard InChI is InChI=1S/C17H22BrN5O2/c1-10-16(24)21-20-15-8-25-14-6-11(18)12(7-13(14)23(10)15)19-17(2)4-5-22(3)9-17/h6-7,10,19H,4-5,8-9H2,1-3H3,(H,21,24)/t10-,17+/m1/s1. The number of carbonyl (C=O) groups excluding carboxylic acids is 1. The van der Waals surface area contributed by atoms with Crippen LogP contribution in [0, 0.1) is 0 Å². The summed E-state index contributed by atoms with van der Waals surface area (Å²) in [6.07, 6.45) is 1.08. The number of nitrogens with zero attached hydrogens (tertiary/aromatic N) is 3. The highest BCUT2D eigenvalue weighted by molar-refractivity contribution is 9.10. The maximum absolute atomic E-state index is 12.0. The Morgan fingerprint density at radius 2 is 2.28 bits per heavy atom. The second kappa shape index (κ2) is 5.88. The van der Waals surface area contributed by atoms with Crippen molar-refractivity contribution in [3.63, 3.8) is 0 Å². The van der Waals surface area contributed by atoms with E-state index in [9.17, 15) is 4.79 Å². The fraction of sp³-hybridized carbons (Fsp3) is 0.529. The normalized spacial score (nSPS) is 28.6. The van der Waals surface area contributed by atoms with Crippen molar-refractivity contribution in [3.8, 4) is 5.75 Å². The molecule has 7 nitrogen and oxygen atoms in total. The Kier molecular flexibility index (Phi) is 3.92. The van der Waals surface area contributed by atoms with E-state index in [2.05, 4.69) is 50.6 Å². The molecule has 2 atom stereocenters. The molecule has 0 aliphatic carbocycles. The number of ether oxygens (including phenoxy) is 1. The number of likely N-dealkylation sites (tertiary alicyclic amines) is 1. The highest BCUT2D eigenvalue weighted by Crippen LogP contribution is 2.42. The molecular formula is C17H22BrN5O2. The minimum Gasteiger partial charge on any atom is -0.483 e. The molecule has 134 valence electrons. The van der Waals surface area contributed by atoms with Crippen LogP contribution >= 0.6 is 15.9 Å². The Morgan fingerprint density at radius 3 is 3.00 bits per heavy atom. The van der Waals surface area contributed by atoms with Gasteiger partial charge in [0.25, 0.3) is 5.91 Å². The van der Waals surface area contributed by atoms with Gasteiger partial charge in [-0.05, 0) is 55.4 Å². The molecule has 0 aromatic heterocycles. The van der Waals surface area contributed by atoms with Gasteiger partial charge in [0.2, 0.25) is 0 Å². The third kappa shape index (κ3) is 2.87. The predicted molar refractivity (Wildman–Crippen MR) is 101 cm³/mol. The Balaban J connectivity index is 1.71. The van der Waals surface area contributed by atoms with Gasteiger partial charge in [-0.1, -0.05) is 0 Å². The molecule has 0 radical (unpaired) electrons. The lowest BCUT2D eigenvalue weighted by atomic mass is 10.0. The van der Waals surface area contributed by atoms with Gasteiger partial charge in [-0.2, -0.15) is 5.10 Å². The van der Waals surface area contributed by atoms with Crippen molar-refractivity contribution < 1.29 is 9.53 Å². The molecule has 1 saturated heterocycles. The first-order valence-electron chi connectivity index (χ1n) is 8.45. The summed E-state index contributed by atoms with van der Waals surface area (Å²) in [5.74, 6) is 1.37. The second-order valence-electron chi connectivity index (χ2n) is 7.31. The molecule has 0 bridgehead atoms. The lowest BCUT2D eigenvalue weighted by Crippen LogP contribution is -2.55. The van der Waals surface area contributed by atoms with Crippen LogP contribution in [0.5, 0.6) is 5.75 Å². The Bertz CT molecular complexity index is 768. The van der Waals surface area contributed by atoms with Crippen LogP contribution in [0.3, 0.4) is 0 Å². The van der Waals surface area contributed by atoms with Crippen LogP contribution in [0.15, 0.2) is 21.7 Å². The summed E-state index contributed by atoms with van der Waals surface area (Å²) in [6.45, 7) is 6.53. The molecule has 1 amide bonds. The number of anilines is 2. The number of hydrazone groups is 1. The quantitative estimate of drug-likeness (QED) is 0.784. The molecule has 0 spiro atoms. The molecule has 0 unspecified atom stereocenters.